The fourth-order valence-electron chi connectivity index (χ4n) is 4.59. The fourth-order valence-corrected chi connectivity index (χ4v) is 4.59. The van der Waals surface area contributed by atoms with Gasteiger partial charge in [-0.05, 0) is 143 Å². The number of hydrogen-bond donors (Lipinski definition) is 0. The molecule has 4 unspecified atom stereocenters. The van der Waals surface area contributed by atoms with E-state index in [-0.39, 0.29) is 0 Å². The van der Waals surface area contributed by atoms with E-state index in [4.69, 9.17) is 23.7 Å². The van der Waals surface area contributed by atoms with Crippen molar-refractivity contribution in [1.29, 1.82) is 0 Å². The summed E-state index contributed by atoms with van der Waals surface area (Å²) in [6, 6.07) is 0. The molecule has 0 fully saturated rings. The smallest absolute Gasteiger partial charge is 0.0578 e. The molecule has 316 valence electrons. The van der Waals surface area contributed by atoms with Crippen molar-refractivity contribution in [3.8, 4) is 0 Å². The van der Waals surface area contributed by atoms with Crippen LogP contribution in [0.3, 0.4) is 0 Å². The molecular weight excluding hydrogens is 633 g/mol. The van der Waals surface area contributed by atoms with Crippen LogP contribution >= 0.6 is 0 Å². The fraction of sp³-hybridized carbons (Fsp3) is 1.00. The summed E-state index contributed by atoms with van der Waals surface area (Å²) in [5.74, 6) is 5.16. The molecule has 0 aromatic heterocycles. The van der Waals surface area contributed by atoms with Gasteiger partial charge >= 0.3 is 0 Å². The first-order chi connectivity index (χ1) is 23.3. The van der Waals surface area contributed by atoms with Gasteiger partial charge in [0.15, 0.2) is 0 Å². The van der Waals surface area contributed by atoms with E-state index in [1.54, 1.807) is 0 Å². The molecule has 0 saturated heterocycles. The Morgan fingerprint density at radius 1 is 0.392 bits per heavy atom. The molecule has 0 saturated carbocycles. The highest BCUT2D eigenvalue weighted by Gasteiger charge is 2.12. The first-order valence-corrected chi connectivity index (χ1v) is 21.5. The van der Waals surface area contributed by atoms with Crippen molar-refractivity contribution in [3.05, 3.63) is 0 Å². The van der Waals surface area contributed by atoms with E-state index < -0.39 is 0 Å². The van der Waals surface area contributed by atoms with E-state index in [9.17, 15) is 0 Å². The molecular formula is C46H102O5. The maximum absolute atomic E-state index is 5.71. The summed E-state index contributed by atoms with van der Waals surface area (Å²) in [5.41, 5.74) is 0. The molecule has 0 aliphatic carbocycles. The van der Waals surface area contributed by atoms with Gasteiger partial charge in [0.1, 0.15) is 0 Å². The Balaban J connectivity index is -0.000000173. The second-order valence-electron chi connectivity index (χ2n) is 18.0. The topological polar surface area (TPSA) is 46.2 Å². The lowest BCUT2D eigenvalue weighted by molar-refractivity contribution is -0.00502. The van der Waals surface area contributed by atoms with Crippen molar-refractivity contribution >= 4 is 0 Å². The Bertz CT molecular complexity index is 612. The van der Waals surface area contributed by atoms with Gasteiger partial charge < -0.3 is 23.7 Å². The Morgan fingerprint density at radius 2 is 0.824 bits per heavy atom. The van der Waals surface area contributed by atoms with Gasteiger partial charge in [-0.2, -0.15) is 0 Å². The van der Waals surface area contributed by atoms with Gasteiger partial charge in [0.2, 0.25) is 0 Å². The second-order valence-corrected chi connectivity index (χ2v) is 18.0. The summed E-state index contributed by atoms with van der Waals surface area (Å²) in [4.78, 5) is 0. The third kappa shape index (κ3) is 59.3. The zero-order valence-corrected chi connectivity index (χ0v) is 39.8. The minimum atomic E-state index is 0.369. The predicted molar refractivity (Wildman–Crippen MR) is 230 cm³/mol. The molecule has 0 radical (unpaired) electrons. The molecule has 0 heterocycles. The van der Waals surface area contributed by atoms with E-state index in [0.717, 1.165) is 68.2 Å². The lowest BCUT2D eigenvalue weighted by Gasteiger charge is -2.20. The van der Waals surface area contributed by atoms with Crippen molar-refractivity contribution in [3.63, 3.8) is 0 Å². The van der Waals surface area contributed by atoms with Gasteiger partial charge in [0.05, 0.1) is 42.7 Å². The van der Waals surface area contributed by atoms with Crippen molar-refractivity contribution in [2.45, 2.75) is 241 Å². The molecule has 0 aliphatic rings. The minimum absolute atomic E-state index is 0.369. The highest BCUT2D eigenvalue weighted by atomic mass is 16.5. The van der Waals surface area contributed by atoms with Gasteiger partial charge in [-0.3, -0.25) is 0 Å². The Morgan fingerprint density at radius 3 is 1.12 bits per heavy atom. The highest BCUT2D eigenvalue weighted by molar-refractivity contribution is 4.61. The van der Waals surface area contributed by atoms with E-state index in [1.165, 1.54) is 19.3 Å². The van der Waals surface area contributed by atoms with E-state index in [2.05, 4.69) is 166 Å². The van der Waals surface area contributed by atoms with Crippen LogP contribution in [0.1, 0.15) is 198 Å². The zero-order chi connectivity index (χ0) is 41.3. The maximum atomic E-state index is 5.71. The molecule has 0 rings (SSSR count). The van der Waals surface area contributed by atoms with Crippen molar-refractivity contribution in [2.75, 3.05) is 19.8 Å². The summed E-state index contributed by atoms with van der Waals surface area (Å²) in [5, 5.41) is 0. The van der Waals surface area contributed by atoms with Crippen LogP contribution in [0, 0.1) is 41.4 Å². The molecule has 0 N–H and O–H groups in total. The summed E-state index contributed by atoms with van der Waals surface area (Å²) < 4.78 is 27.6. The normalized spacial score (nSPS) is 14.0. The van der Waals surface area contributed by atoms with Crippen LogP contribution in [0.25, 0.3) is 0 Å². The second kappa shape index (κ2) is 39.5. The van der Waals surface area contributed by atoms with Gasteiger partial charge in [-0.1, -0.05) is 96.4 Å². The molecule has 0 bridgehead atoms. The molecule has 5 nitrogen and oxygen atoms in total. The minimum Gasteiger partial charge on any atom is -0.379 e. The van der Waals surface area contributed by atoms with Gasteiger partial charge in [-0.15, -0.1) is 0 Å². The average Bonchev–Trinajstić information content (AvgIpc) is 2.95. The predicted octanol–water partition coefficient (Wildman–Crippen LogP) is 14.3. The van der Waals surface area contributed by atoms with Crippen LogP contribution in [0.15, 0.2) is 0 Å². The lowest BCUT2D eigenvalue weighted by atomic mass is 9.94. The van der Waals surface area contributed by atoms with Crippen molar-refractivity contribution in [1.82, 2.24) is 0 Å². The van der Waals surface area contributed by atoms with Gasteiger partial charge in [0.25, 0.3) is 0 Å². The Labute approximate surface area is 325 Å². The van der Waals surface area contributed by atoms with Crippen LogP contribution in [-0.4, -0.2) is 62.5 Å². The molecule has 0 aromatic rings. The molecule has 0 aromatic carbocycles. The Kier molecular flexibility index (Phi) is 46.5. The van der Waals surface area contributed by atoms with Crippen molar-refractivity contribution in [2.24, 2.45) is 41.4 Å². The summed E-state index contributed by atoms with van der Waals surface area (Å²) in [6.45, 7) is 54.7. The highest BCUT2D eigenvalue weighted by Crippen LogP contribution is 2.16. The maximum Gasteiger partial charge on any atom is 0.0578 e. The third-order valence-corrected chi connectivity index (χ3v) is 8.05. The van der Waals surface area contributed by atoms with Crippen LogP contribution in [0.2, 0.25) is 0 Å². The lowest BCUT2D eigenvalue weighted by Crippen LogP contribution is -2.18. The molecule has 4 atom stereocenters. The molecule has 0 spiro atoms. The quantitative estimate of drug-likeness (QED) is 0.111. The summed E-state index contributed by atoms with van der Waals surface area (Å²) in [7, 11) is 0. The van der Waals surface area contributed by atoms with Crippen LogP contribution in [-0.2, 0) is 23.7 Å². The molecule has 0 aliphatic heterocycles. The zero-order valence-electron chi connectivity index (χ0n) is 39.8. The standard InChI is InChI=1S/2C10H22O.2C9H20O.C8H18O/c1-6-10(8(2)3)7-11-9(4)5;1-6-10(7-8(2)3)11-9(4)5;1-7(2)9(5)6-10-8(3)4;1-7(2)6-9(5)10-8(3)4;1-7(2)5-6-9-8(3)4/h2*8-10H,6-7H2,1-5H3;2*7-9H,6H2,1-5H3;7-8H,5-6H2,1-4H3. The third-order valence-electron chi connectivity index (χ3n) is 8.05. The molecule has 51 heavy (non-hydrogen) atoms. The van der Waals surface area contributed by atoms with E-state index >= 15 is 0 Å². The number of rotatable bonds is 22. The van der Waals surface area contributed by atoms with E-state index in [1.807, 2.05) is 0 Å². The monoisotopic (exact) mass is 735 g/mol. The number of ether oxygens (including phenoxy) is 5. The summed E-state index contributed by atoms with van der Waals surface area (Å²) >= 11 is 0. The molecule has 5 heteroatoms. The van der Waals surface area contributed by atoms with Gasteiger partial charge in [-0.25, -0.2) is 0 Å². The molecule has 0 amide bonds. The first kappa shape index (κ1) is 60.1. The van der Waals surface area contributed by atoms with Gasteiger partial charge in [0, 0.05) is 19.8 Å². The van der Waals surface area contributed by atoms with Crippen LogP contribution in [0.4, 0.5) is 0 Å². The SMILES string of the molecule is CC(C)CC(C)OC(C)C.CC(C)CCOC(C)C.CC(C)OCC(C)C(C)C.CCC(CC(C)C)OC(C)C.CCC(COC(C)C)C(C)C. The first-order valence-electron chi connectivity index (χ1n) is 21.5. The summed E-state index contributed by atoms with van der Waals surface area (Å²) in [6.07, 6.45) is 8.67. The Hall–Kier alpha value is -0.200. The van der Waals surface area contributed by atoms with Crippen molar-refractivity contribution < 1.29 is 23.7 Å². The van der Waals surface area contributed by atoms with E-state index in [0.29, 0.717) is 48.6 Å². The average molecular weight is 735 g/mol. The van der Waals surface area contributed by atoms with Crippen LogP contribution < -0.4 is 0 Å². The largest absolute Gasteiger partial charge is 0.379 e. The number of hydrogen-bond acceptors (Lipinski definition) is 5. The van der Waals surface area contributed by atoms with Crippen LogP contribution in [0.5, 0.6) is 0 Å².